The van der Waals surface area contributed by atoms with Gasteiger partial charge in [0.1, 0.15) is 5.75 Å². The van der Waals surface area contributed by atoms with Gasteiger partial charge in [0, 0.05) is 6.54 Å². The number of carbonyl (C=O) groups excluding carboxylic acids is 1. The van der Waals surface area contributed by atoms with Gasteiger partial charge >= 0.3 is 6.09 Å². The maximum atomic E-state index is 11.0. The highest BCUT2D eigenvalue weighted by atomic mass is 79.9. The normalized spacial score (nSPS) is 9.11. The van der Waals surface area contributed by atoms with Gasteiger partial charge in [0.2, 0.25) is 0 Å². The molecule has 1 rings (SSSR count). The van der Waals surface area contributed by atoms with Crippen molar-refractivity contribution >= 4 is 22.0 Å². The van der Waals surface area contributed by atoms with Crippen LogP contribution >= 0.6 is 15.9 Å². The topological polar surface area (TPSA) is 47.6 Å². The number of hydrogen-bond acceptors (Lipinski definition) is 3. The molecule has 19 heavy (non-hydrogen) atoms. The van der Waals surface area contributed by atoms with Crippen molar-refractivity contribution in [1.29, 1.82) is 0 Å². The van der Waals surface area contributed by atoms with Crippen molar-refractivity contribution in [3.63, 3.8) is 0 Å². The Hall–Kier alpha value is -1.23. The number of halogens is 1. The molecule has 1 aromatic carbocycles. The van der Waals surface area contributed by atoms with Crippen molar-refractivity contribution in [2.45, 2.75) is 27.2 Å². The Morgan fingerprint density at radius 2 is 2.05 bits per heavy atom. The van der Waals surface area contributed by atoms with Gasteiger partial charge in [-0.05, 0) is 47.0 Å². The van der Waals surface area contributed by atoms with Crippen LogP contribution in [0.15, 0.2) is 22.7 Å². The van der Waals surface area contributed by atoms with E-state index in [1.165, 1.54) is 0 Å². The Kier molecular flexibility index (Phi) is 9.98. The molecule has 4 nitrogen and oxygen atoms in total. The Bertz CT molecular complexity index is 383. The molecule has 0 heterocycles. The lowest BCUT2D eigenvalue weighted by molar-refractivity contribution is 0.152. The largest absolute Gasteiger partial charge is 0.496 e. The van der Waals surface area contributed by atoms with E-state index in [0.717, 1.165) is 22.2 Å². The van der Waals surface area contributed by atoms with Crippen LogP contribution in [-0.4, -0.2) is 26.4 Å². The van der Waals surface area contributed by atoms with Crippen LogP contribution < -0.4 is 10.1 Å². The first kappa shape index (κ1) is 17.8. The molecule has 0 saturated heterocycles. The summed E-state index contributed by atoms with van der Waals surface area (Å²) in [4.78, 5) is 11.0. The summed E-state index contributed by atoms with van der Waals surface area (Å²) in [5.41, 5.74) is 1.12. The van der Waals surface area contributed by atoms with Crippen LogP contribution in [0.4, 0.5) is 4.79 Å². The zero-order valence-electron chi connectivity index (χ0n) is 12.0. The van der Waals surface area contributed by atoms with E-state index in [1.54, 1.807) is 14.0 Å². The summed E-state index contributed by atoms with van der Waals surface area (Å²) in [6.07, 6.45) is 0.376. The first-order valence-electron chi connectivity index (χ1n) is 6.40. The second kappa shape index (κ2) is 10.7. The Labute approximate surface area is 123 Å². The maximum Gasteiger partial charge on any atom is 0.407 e. The standard InChI is InChI=1S/C12H16BrNO3.C2H6/c1-3-17-12(15)14-7-6-9-4-5-11(16-2)10(13)8-9;1-2/h4-5,8H,3,6-7H2,1-2H3,(H,14,15);1-2H3. The fourth-order valence-electron chi connectivity index (χ4n) is 1.36. The van der Waals surface area contributed by atoms with Crippen molar-refractivity contribution in [2.75, 3.05) is 20.3 Å². The minimum atomic E-state index is -0.375. The molecule has 0 aliphatic rings. The highest BCUT2D eigenvalue weighted by Gasteiger charge is 2.03. The zero-order valence-corrected chi connectivity index (χ0v) is 13.5. The number of nitrogens with one attached hydrogen (secondary N) is 1. The fourth-order valence-corrected chi connectivity index (χ4v) is 1.94. The maximum absolute atomic E-state index is 11.0. The zero-order chi connectivity index (χ0) is 14.7. The van der Waals surface area contributed by atoms with E-state index in [1.807, 2.05) is 32.0 Å². The number of hydrogen-bond donors (Lipinski definition) is 1. The molecule has 0 aromatic heterocycles. The number of rotatable bonds is 5. The summed E-state index contributed by atoms with van der Waals surface area (Å²) >= 11 is 3.42. The molecule has 1 aromatic rings. The van der Waals surface area contributed by atoms with Gasteiger partial charge in [-0.15, -0.1) is 0 Å². The molecule has 0 atom stereocenters. The SMILES string of the molecule is CC.CCOC(=O)NCCc1ccc(OC)c(Br)c1. The third-order valence-electron chi connectivity index (χ3n) is 2.17. The van der Waals surface area contributed by atoms with Gasteiger partial charge in [-0.25, -0.2) is 4.79 Å². The lowest BCUT2D eigenvalue weighted by Crippen LogP contribution is -2.26. The molecule has 0 saturated carbocycles. The van der Waals surface area contributed by atoms with Crippen LogP contribution in [0.3, 0.4) is 0 Å². The molecule has 0 aliphatic heterocycles. The van der Waals surface area contributed by atoms with Crippen LogP contribution in [0.25, 0.3) is 0 Å². The van der Waals surface area contributed by atoms with Crippen LogP contribution in [0, 0.1) is 0 Å². The Balaban J connectivity index is 0.00000154. The van der Waals surface area contributed by atoms with E-state index in [-0.39, 0.29) is 6.09 Å². The van der Waals surface area contributed by atoms with E-state index in [9.17, 15) is 4.79 Å². The van der Waals surface area contributed by atoms with Gasteiger partial charge < -0.3 is 14.8 Å². The lowest BCUT2D eigenvalue weighted by atomic mass is 10.1. The lowest BCUT2D eigenvalue weighted by Gasteiger charge is -2.07. The molecule has 1 amide bonds. The van der Waals surface area contributed by atoms with E-state index in [2.05, 4.69) is 21.2 Å². The van der Waals surface area contributed by atoms with Crippen LogP contribution in [0.1, 0.15) is 26.3 Å². The second-order valence-electron chi connectivity index (χ2n) is 3.37. The van der Waals surface area contributed by atoms with E-state index in [0.29, 0.717) is 13.2 Å². The first-order valence-corrected chi connectivity index (χ1v) is 7.19. The molecule has 0 fully saturated rings. The van der Waals surface area contributed by atoms with Crippen molar-refractivity contribution in [3.8, 4) is 5.75 Å². The highest BCUT2D eigenvalue weighted by molar-refractivity contribution is 9.10. The molecule has 1 N–H and O–H groups in total. The quantitative estimate of drug-likeness (QED) is 0.893. The number of methoxy groups -OCH3 is 1. The third kappa shape index (κ3) is 7.06. The summed E-state index contributed by atoms with van der Waals surface area (Å²) in [5, 5.41) is 2.67. The van der Waals surface area contributed by atoms with Gasteiger partial charge in [-0.1, -0.05) is 19.9 Å². The fraction of sp³-hybridized carbons (Fsp3) is 0.500. The third-order valence-corrected chi connectivity index (χ3v) is 2.79. The van der Waals surface area contributed by atoms with E-state index in [4.69, 9.17) is 9.47 Å². The summed E-state index contributed by atoms with van der Waals surface area (Å²) in [7, 11) is 1.63. The first-order chi connectivity index (χ1) is 9.17. The predicted octanol–water partition coefficient (Wildman–Crippen LogP) is 3.77. The van der Waals surface area contributed by atoms with Gasteiger partial charge in [0.05, 0.1) is 18.2 Å². The predicted molar refractivity (Wildman–Crippen MR) is 80.8 cm³/mol. The van der Waals surface area contributed by atoms with Crippen molar-refractivity contribution < 1.29 is 14.3 Å². The number of benzene rings is 1. The van der Waals surface area contributed by atoms with Gasteiger partial charge in [-0.3, -0.25) is 0 Å². The van der Waals surface area contributed by atoms with Crippen molar-refractivity contribution in [2.24, 2.45) is 0 Å². The molecule has 0 aliphatic carbocycles. The molecule has 0 unspecified atom stereocenters. The van der Waals surface area contributed by atoms with Crippen molar-refractivity contribution in [1.82, 2.24) is 5.32 Å². The average Bonchev–Trinajstić information content (AvgIpc) is 2.41. The van der Waals surface area contributed by atoms with Crippen molar-refractivity contribution in [3.05, 3.63) is 28.2 Å². The molecule has 5 heteroatoms. The second-order valence-corrected chi connectivity index (χ2v) is 4.22. The molecule has 0 spiro atoms. The van der Waals surface area contributed by atoms with Crippen LogP contribution in [0.5, 0.6) is 5.75 Å². The number of amides is 1. The molecule has 0 radical (unpaired) electrons. The van der Waals surface area contributed by atoms with Crippen LogP contribution in [-0.2, 0) is 11.2 Å². The molecular weight excluding hydrogens is 310 g/mol. The summed E-state index contributed by atoms with van der Waals surface area (Å²) in [5.74, 6) is 0.798. The minimum absolute atomic E-state index is 0.375. The smallest absolute Gasteiger partial charge is 0.407 e. The molecule has 0 bridgehead atoms. The molecular formula is C14H22BrNO3. The highest BCUT2D eigenvalue weighted by Crippen LogP contribution is 2.25. The number of carbonyl (C=O) groups is 1. The Morgan fingerprint density at radius 1 is 1.37 bits per heavy atom. The summed E-state index contributed by atoms with van der Waals surface area (Å²) in [6, 6.07) is 5.84. The van der Waals surface area contributed by atoms with Gasteiger partial charge in [0.25, 0.3) is 0 Å². The average molecular weight is 332 g/mol. The van der Waals surface area contributed by atoms with E-state index < -0.39 is 0 Å². The van der Waals surface area contributed by atoms with Gasteiger partial charge in [-0.2, -0.15) is 0 Å². The summed E-state index contributed by atoms with van der Waals surface area (Å²) < 4.78 is 10.8. The van der Waals surface area contributed by atoms with Gasteiger partial charge in [0.15, 0.2) is 0 Å². The minimum Gasteiger partial charge on any atom is -0.496 e. The Morgan fingerprint density at radius 3 is 2.58 bits per heavy atom. The summed E-state index contributed by atoms with van der Waals surface area (Å²) in [6.45, 7) is 6.72. The number of ether oxygens (including phenoxy) is 2. The van der Waals surface area contributed by atoms with E-state index >= 15 is 0 Å². The number of alkyl carbamates (subject to hydrolysis) is 1. The van der Waals surface area contributed by atoms with Crippen LogP contribution in [0.2, 0.25) is 0 Å². The molecule has 108 valence electrons. The monoisotopic (exact) mass is 331 g/mol.